The maximum atomic E-state index is 14.3. The Morgan fingerprint density at radius 3 is 2.61 bits per heavy atom. The molecule has 28 heavy (non-hydrogen) atoms. The van der Waals surface area contributed by atoms with Crippen molar-refractivity contribution < 1.29 is 14.3 Å². The van der Waals surface area contributed by atoms with Crippen LogP contribution in [0.3, 0.4) is 0 Å². The number of amides is 1. The van der Waals surface area contributed by atoms with Crippen molar-refractivity contribution in [2.45, 2.75) is 45.3 Å². The van der Waals surface area contributed by atoms with E-state index in [9.17, 15) is 14.3 Å². The second kappa shape index (κ2) is 7.81. The van der Waals surface area contributed by atoms with Crippen LogP contribution in [-0.2, 0) is 6.42 Å². The molecule has 2 heterocycles. The van der Waals surface area contributed by atoms with E-state index in [4.69, 9.17) is 0 Å². The highest BCUT2D eigenvalue weighted by Gasteiger charge is 2.44. The van der Waals surface area contributed by atoms with Crippen LogP contribution in [0.5, 0.6) is 0 Å². The molecule has 0 bridgehead atoms. The molecular weight excluding hydrogens is 377 g/mol. The predicted octanol–water partition coefficient (Wildman–Crippen LogP) is 3.77. The quantitative estimate of drug-likeness (QED) is 0.685. The van der Waals surface area contributed by atoms with Crippen molar-refractivity contribution in [1.82, 2.24) is 10.2 Å². The summed E-state index contributed by atoms with van der Waals surface area (Å²) in [6.45, 7) is 9.08. The number of hydrogen-bond donors (Lipinski definition) is 3. The zero-order valence-electron chi connectivity index (χ0n) is 16.8. The summed E-state index contributed by atoms with van der Waals surface area (Å²) in [7, 11) is 0. The molecule has 1 fully saturated rings. The molecule has 3 N–H and O–H groups in total. The maximum absolute atomic E-state index is 14.3. The van der Waals surface area contributed by atoms with E-state index in [2.05, 4.69) is 10.6 Å². The van der Waals surface area contributed by atoms with E-state index in [1.54, 1.807) is 21.7 Å². The first kappa shape index (κ1) is 20.8. The van der Waals surface area contributed by atoms with Crippen molar-refractivity contribution in [3.63, 3.8) is 0 Å². The van der Waals surface area contributed by atoms with E-state index in [0.29, 0.717) is 23.5 Å². The molecule has 7 heteroatoms. The van der Waals surface area contributed by atoms with Gasteiger partial charge in [0.05, 0.1) is 30.0 Å². The van der Waals surface area contributed by atoms with Crippen molar-refractivity contribution in [3.05, 3.63) is 45.9 Å². The first-order valence-corrected chi connectivity index (χ1v) is 10.4. The monoisotopic (exact) mass is 405 g/mol. The van der Waals surface area contributed by atoms with Gasteiger partial charge in [0.15, 0.2) is 0 Å². The van der Waals surface area contributed by atoms with Gasteiger partial charge in [0, 0.05) is 22.8 Å². The molecule has 0 spiro atoms. The molecule has 0 unspecified atom stereocenters. The second-order valence-corrected chi connectivity index (χ2v) is 9.22. The number of nitrogens with zero attached hydrogens (tertiary/aromatic N) is 1. The number of thiophene rings is 1. The zero-order chi connectivity index (χ0) is 20.5. The van der Waals surface area contributed by atoms with Gasteiger partial charge >= 0.3 is 0 Å². The second-order valence-electron chi connectivity index (χ2n) is 8.48. The summed E-state index contributed by atoms with van der Waals surface area (Å²) in [5, 5.41) is 20.4. The van der Waals surface area contributed by atoms with E-state index < -0.39 is 5.60 Å². The van der Waals surface area contributed by atoms with Gasteiger partial charge in [-0.15, -0.1) is 11.3 Å². The van der Waals surface area contributed by atoms with Gasteiger partial charge in [0.25, 0.3) is 5.91 Å². The number of benzene rings is 1. The van der Waals surface area contributed by atoms with Crippen LogP contribution < -0.4 is 10.6 Å². The number of β-amino-alcohol motifs (C(OH)–C–C–N with tert-alkyl or cyclic N) is 1. The van der Waals surface area contributed by atoms with Crippen molar-refractivity contribution in [2.24, 2.45) is 0 Å². The fourth-order valence-corrected chi connectivity index (χ4v) is 3.86. The molecule has 1 aromatic carbocycles. The molecule has 152 valence electrons. The third-order valence-electron chi connectivity index (χ3n) is 4.81. The summed E-state index contributed by atoms with van der Waals surface area (Å²) in [6.07, 6.45) is 0.765. The van der Waals surface area contributed by atoms with Gasteiger partial charge in [-0.3, -0.25) is 4.79 Å². The lowest BCUT2D eigenvalue weighted by molar-refractivity contribution is -0.0811. The number of halogens is 1. The Morgan fingerprint density at radius 2 is 2.00 bits per heavy atom. The first-order chi connectivity index (χ1) is 13.1. The maximum Gasteiger partial charge on any atom is 0.257 e. The van der Waals surface area contributed by atoms with Crippen LogP contribution in [0.25, 0.3) is 0 Å². The molecule has 1 aliphatic heterocycles. The fourth-order valence-electron chi connectivity index (χ4n) is 3.10. The lowest BCUT2D eigenvalue weighted by Gasteiger charge is -2.47. The topological polar surface area (TPSA) is 64.6 Å². The summed E-state index contributed by atoms with van der Waals surface area (Å²) in [5.41, 5.74) is 1.35. The number of rotatable bonds is 6. The number of hydrogen-bond acceptors (Lipinski definition) is 5. The number of carbonyl (C=O) groups excluding carboxylic acids is 1. The summed E-state index contributed by atoms with van der Waals surface area (Å²) < 4.78 is 14.3. The number of likely N-dealkylation sites (tertiary alicyclic amines) is 1. The van der Waals surface area contributed by atoms with Crippen LogP contribution in [0, 0.1) is 5.82 Å². The smallest absolute Gasteiger partial charge is 0.257 e. The molecule has 0 atom stereocenters. The Kier molecular flexibility index (Phi) is 5.79. The molecule has 5 nitrogen and oxygen atoms in total. The van der Waals surface area contributed by atoms with Gasteiger partial charge in [-0.05, 0) is 44.9 Å². The Balaban J connectivity index is 1.65. The summed E-state index contributed by atoms with van der Waals surface area (Å²) >= 11 is 1.39. The molecule has 1 amide bonds. The lowest BCUT2D eigenvalue weighted by Crippen LogP contribution is -2.68. The van der Waals surface area contributed by atoms with Gasteiger partial charge in [-0.25, -0.2) is 4.39 Å². The van der Waals surface area contributed by atoms with Gasteiger partial charge in [0.1, 0.15) is 11.4 Å². The molecule has 0 saturated carbocycles. The van der Waals surface area contributed by atoms with Crippen LogP contribution in [-0.4, -0.2) is 46.7 Å². The van der Waals surface area contributed by atoms with Crippen molar-refractivity contribution in [3.8, 4) is 0 Å². The molecule has 1 aromatic heterocycles. The molecular formula is C21H28FN3O2S. The lowest BCUT2D eigenvalue weighted by atomic mass is 9.92. The van der Waals surface area contributed by atoms with E-state index in [-0.39, 0.29) is 30.4 Å². The Morgan fingerprint density at radius 1 is 1.29 bits per heavy atom. The normalized spacial score (nSPS) is 16.0. The van der Waals surface area contributed by atoms with Crippen molar-refractivity contribution in [2.75, 3.05) is 25.0 Å². The fraction of sp³-hybridized carbons (Fsp3) is 0.476. The Hall–Kier alpha value is -1.96. The van der Waals surface area contributed by atoms with Gasteiger partial charge in [-0.2, -0.15) is 0 Å². The predicted molar refractivity (Wildman–Crippen MR) is 112 cm³/mol. The summed E-state index contributed by atoms with van der Waals surface area (Å²) in [6, 6.07) is 5.08. The number of carbonyl (C=O) groups is 1. The molecule has 1 saturated heterocycles. The van der Waals surface area contributed by atoms with Crippen LogP contribution in [0.2, 0.25) is 0 Å². The largest absolute Gasteiger partial charge is 0.385 e. The average Bonchev–Trinajstić information content (AvgIpc) is 3.06. The minimum Gasteiger partial charge on any atom is -0.385 e. The summed E-state index contributed by atoms with van der Waals surface area (Å²) in [5.74, 6) is -0.495. The van der Waals surface area contributed by atoms with Crippen LogP contribution in [0.15, 0.2) is 29.0 Å². The Bertz CT molecular complexity index is 854. The third-order valence-corrected chi connectivity index (χ3v) is 5.55. The van der Waals surface area contributed by atoms with Crippen molar-refractivity contribution in [1.29, 1.82) is 0 Å². The van der Waals surface area contributed by atoms with Crippen LogP contribution in [0.1, 0.15) is 43.6 Å². The minimum absolute atomic E-state index is 0.0952. The first-order valence-electron chi connectivity index (χ1n) is 9.48. The Labute approximate surface area is 169 Å². The molecule has 0 aliphatic carbocycles. The minimum atomic E-state index is -0.908. The van der Waals surface area contributed by atoms with E-state index >= 15 is 0 Å². The zero-order valence-corrected chi connectivity index (χ0v) is 17.6. The highest BCUT2D eigenvalue weighted by atomic mass is 32.1. The number of anilines is 2. The highest BCUT2D eigenvalue weighted by Crippen LogP contribution is 2.31. The molecule has 0 radical (unpaired) electrons. The van der Waals surface area contributed by atoms with Crippen molar-refractivity contribution >= 4 is 28.6 Å². The van der Waals surface area contributed by atoms with E-state index in [0.717, 1.165) is 12.0 Å². The molecule has 3 rings (SSSR count). The van der Waals surface area contributed by atoms with Gasteiger partial charge in [0.2, 0.25) is 0 Å². The standard InChI is InChI=1S/C21H28FN3O2S/c1-5-14-6-7-17(16(22)8-14)24-18-10-28-9-15(18)19(26)25-12-21(27,13-25)11-23-20(2,3)4/h6-10,23-24,27H,5,11-13H2,1-4H3. The van der Waals surface area contributed by atoms with Crippen LogP contribution in [0.4, 0.5) is 15.8 Å². The summed E-state index contributed by atoms with van der Waals surface area (Å²) in [4.78, 5) is 14.5. The van der Waals surface area contributed by atoms with Gasteiger partial charge < -0.3 is 20.6 Å². The van der Waals surface area contributed by atoms with Gasteiger partial charge in [-0.1, -0.05) is 13.0 Å². The third kappa shape index (κ3) is 4.71. The molecule has 2 aromatic rings. The molecule has 1 aliphatic rings. The number of aryl methyl sites for hydroxylation is 1. The van der Waals surface area contributed by atoms with E-state index in [1.165, 1.54) is 17.4 Å². The number of aliphatic hydroxyl groups is 1. The highest BCUT2D eigenvalue weighted by molar-refractivity contribution is 7.08. The number of nitrogens with one attached hydrogen (secondary N) is 2. The van der Waals surface area contributed by atoms with Crippen LogP contribution >= 0.6 is 11.3 Å². The van der Waals surface area contributed by atoms with E-state index in [1.807, 2.05) is 33.8 Å². The average molecular weight is 406 g/mol. The SMILES string of the molecule is CCc1ccc(Nc2cscc2C(=O)N2CC(O)(CNC(C)(C)C)C2)c(F)c1.